The van der Waals surface area contributed by atoms with Crippen LogP contribution in [0.1, 0.15) is 5.56 Å². The highest BCUT2D eigenvalue weighted by Gasteiger charge is 2.13. The zero-order chi connectivity index (χ0) is 10.8. The van der Waals surface area contributed by atoms with Crippen molar-refractivity contribution >= 4 is 25.4 Å². The van der Waals surface area contributed by atoms with Crippen molar-refractivity contribution in [3.63, 3.8) is 0 Å². The van der Waals surface area contributed by atoms with Crippen molar-refractivity contribution in [1.82, 2.24) is 0 Å². The number of rotatable bonds is 2. The standard InChI is InChI=1S/C7H6ClN3O2S/c1-5-2-3-6(10-11-9)4-7(5)14(8,12)13/h2-4H,1H3. The maximum Gasteiger partial charge on any atom is 0.261 e. The van der Waals surface area contributed by atoms with Crippen molar-refractivity contribution in [2.75, 3.05) is 0 Å². The van der Waals surface area contributed by atoms with E-state index in [1.54, 1.807) is 6.92 Å². The second kappa shape index (κ2) is 3.88. The van der Waals surface area contributed by atoms with Gasteiger partial charge in [-0.2, -0.15) is 0 Å². The normalized spacial score (nSPS) is 10.7. The van der Waals surface area contributed by atoms with E-state index in [2.05, 4.69) is 10.0 Å². The first-order valence-corrected chi connectivity index (χ1v) is 5.86. The second-order valence-electron chi connectivity index (χ2n) is 2.58. The summed E-state index contributed by atoms with van der Waals surface area (Å²) in [5, 5.41) is 3.28. The number of azide groups is 1. The Bertz CT molecular complexity index is 506. The first kappa shape index (κ1) is 10.8. The van der Waals surface area contributed by atoms with Crippen molar-refractivity contribution in [2.24, 2.45) is 5.11 Å². The molecule has 0 saturated carbocycles. The molecule has 0 unspecified atom stereocenters. The van der Waals surface area contributed by atoms with Gasteiger partial charge in [0, 0.05) is 21.3 Å². The largest absolute Gasteiger partial charge is 0.261 e. The van der Waals surface area contributed by atoms with Crippen LogP contribution in [0.5, 0.6) is 0 Å². The maximum atomic E-state index is 11.0. The Labute approximate surface area is 85.4 Å². The van der Waals surface area contributed by atoms with Crippen molar-refractivity contribution in [3.8, 4) is 0 Å². The monoisotopic (exact) mass is 231 g/mol. The lowest BCUT2D eigenvalue weighted by Gasteiger charge is -2.01. The molecule has 14 heavy (non-hydrogen) atoms. The molecule has 5 nitrogen and oxygen atoms in total. The maximum absolute atomic E-state index is 11.0. The second-order valence-corrected chi connectivity index (χ2v) is 5.11. The Balaban J connectivity index is 3.43. The molecule has 0 saturated heterocycles. The molecule has 0 amide bonds. The lowest BCUT2D eigenvalue weighted by atomic mass is 10.2. The average Bonchev–Trinajstić information content (AvgIpc) is 2.07. The molecule has 1 aromatic carbocycles. The van der Waals surface area contributed by atoms with Crippen molar-refractivity contribution in [2.45, 2.75) is 11.8 Å². The van der Waals surface area contributed by atoms with E-state index >= 15 is 0 Å². The molecule has 0 aliphatic rings. The van der Waals surface area contributed by atoms with Crippen LogP contribution in [-0.4, -0.2) is 8.42 Å². The molecule has 0 spiro atoms. The predicted molar refractivity (Wildman–Crippen MR) is 53.0 cm³/mol. The lowest BCUT2D eigenvalue weighted by molar-refractivity contribution is 0.609. The SMILES string of the molecule is Cc1ccc(N=[N+]=[N-])cc1S(=O)(=O)Cl. The van der Waals surface area contributed by atoms with Gasteiger partial charge in [-0.25, -0.2) is 8.42 Å². The van der Waals surface area contributed by atoms with Gasteiger partial charge >= 0.3 is 0 Å². The molecule has 1 rings (SSSR count). The van der Waals surface area contributed by atoms with E-state index in [1.807, 2.05) is 0 Å². The summed E-state index contributed by atoms with van der Waals surface area (Å²) < 4.78 is 22.1. The number of hydrogen-bond donors (Lipinski definition) is 0. The van der Waals surface area contributed by atoms with Crippen molar-refractivity contribution < 1.29 is 8.42 Å². The number of halogens is 1. The molecule has 0 N–H and O–H groups in total. The first-order chi connectivity index (χ1) is 6.45. The van der Waals surface area contributed by atoms with Crippen LogP contribution in [0.2, 0.25) is 0 Å². The fraction of sp³-hybridized carbons (Fsp3) is 0.143. The van der Waals surface area contributed by atoms with Crippen LogP contribution < -0.4 is 0 Å². The van der Waals surface area contributed by atoms with Gasteiger partial charge in [-0.1, -0.05) is 17.2 Å². The average molecular weight is 232 g/mol. The van der Waals surface area contributed by atoms with E-state index in [9.17, 15) is 8.42 Å². The van der Waals surface area contributed by atoms with Gasteiger partial charge in [-0.05, 0) is 24.1 Å². The molecule has 0 radical (unpaired) electrons. The molecule has 0 fully saturated rings. The van der Waals surface area contributed by atoms with Crippen LogP contribution in [0.3, 0.4) is 0 Å². The van der Waals surface area contributed by atoms with E-state index in [-0.39, 0.29) is 10.6 Å². The van der Waals surface area contributed by atoms with Crippen molar-refractivity contribution in [3.05, 3.63) is 34.2 Å². The third kappa shape index (κ3) is 2.38. The number of aryl methyl sites for hydroxylation is 1. The van der Waals surface area contributed by atoms with Gasteiger partial charge in [0.05, 0.1) is 4.90 Å². The summed E-state index contributed by atoms with van der Waals surface area (Å²) in [6.07, 6.45) is 0. The quantitative estimate of drug-likeness (QED) is 0.339. The minimum atomic E-state index is -3.79. The third-order valence-electron chi connectivity index (χ3n) is 1.59. The molecule has 0 heterocycles. The molecular formula is C7H6ClN3O2S. The Morgan fingerprint density at radius 2 is 2.14 bits per heavy atom. The minimum absolute atomic E-state index is 0.0379. The number of nitrogens with zero attached hydrogens (tertiary/aromatic N) is 3. The molecule has 74 valence electrons. The van der Waals surface area contributed by atoms with Crippen LogP contribution >= 0.6 is 10.7 Å². The summed E-state index contributed by atoms with van der Waals surface area (Å²) in [5.74, 6) is 0. The Hall–Kier alpha value is -1.23. The van der Waals surface area contributed by atoms with Crippen LogP contribution in [0.15, 0.2) is 28.2 Å². The van der Waals surface area contributed by atoms with E-state index in [1.165, 1.54) is 18.2 Å². The lowest BCUT2D eigenvalue weighted by Crippen LogP contribution is -1.93. The van der Waals surface area contributed by atoms with E-state index in [0.29, 0.717) is 5.56 Å². The fourth-order valence-electron chi connectivity index (χ4n) is 0.965. The molecule has 1 aromatic rings. The number of benzene rings is 1. The Kier molecular flexibility index (Phi) is 3.00. The molecule has 0 bridgehead atoms. The summed E-state index contributed by atoms with van der Waals surface area (Å²) in [6.45, 7) is 1.61. The topological polar surface area (TPSA) is 82.9 Å². The zero-order valence-corrected chi connectivity index (χ0v) is 8.75. The Morgan fingerprint density at radius 3 is 2.64 bits per heavy atom. The van der Waals surface area contributed by atoms with Crippen LogP contribution in [0, 0.1) is 6.92 Å². The van der Waals surface area contributed by atoms with Crippen molar-refractivity contribution in [1.29, 1.82) is 0 Å². The summed E-state index contributed by atoms with van der Waals surface area (Å²) in [4.78, 5) is 2.51. The fourth-order valence-corrected chi connectivity index (χ4v) is 2.18. The third-order valence-corrected chi connectivity index (χ3v) is 3.06. The summed E-state index contributed by atoms with van der Waals surface area (Å²) in [7, 11) is 1.39. The molecule has 7 heteroatoms. The molecule has 0 aliphatic carbocycles. The van der Waals surface area contributed by atoms with Crippen LogP contribution in [0.25, 0.3) is 10.4 Å². The van der Waals surface area contributed by atoms with Gasteiger partial charge < -0.3 is 0 Å². The van der Waals surface area contributed by atoms with Gasteiger partial charge in [0.15, 0.2) is 0 Å². The zero-order valence-electron chi connectivity index (χ0n) is 7.18. The summed E-state index contributed by atoms with van der Waals surface area (Å²) >= 11 is 0. The van der Waals surface area contributed by atoms with E-state index in [4.69, 9.17) is 16.2 Å². The van der Waals surface area contributed by atoms with E-state index < -0.39 is 9.05 Å². The smallest absolute Gasteiger partial charge is 0.207 e. The molecule has 0 aromatic heterocycles. The molecular weight excluding hydrogens is 226 g/mol. The highest BCUT2D eigenvalue weighted by molar-refractivity contribution is 8.13. The Morgan fingerprint density at radius 1 is 1.50 bits per heavy atom. The van der Waals surface area contributed by atoms with Crippen LogP contribution in [-0.2, 0) is 9.05 Å². The van der Waals surface area contributed by atoms with Crippen LogP contribution in [0.4, 0.5) is 5.69 Å². The summed E-state index contributed by atoms with van der Waals surface area (Å²) in [5.41, 5.74) is 8.89. The highest BCUT2D eigenvalue weighted by atomic mass is 35.7. The van der Waals surface area contributed by atoms with Gasteiger partial charge in [0.25, 0.3) is 9.05 Å². The highest BCUT2D eigenvalue weighted by Crippen LogP contribution is 2.24. The number of hydrogen-bond acceptors (Lipinski definition) is 3. The van der Waals surface area contributed by atoms with Gasteiger partial charge in [0.1, 0.15) is 0 Å². The first-order valence-electron chi connectivity index (χ1n) is 3.55. The van der Waals surface area contributed by atoms with E-state index in [0.717, 1.165) is 0 Å². The van der Waals surface area contributed by atoms with Gasteiger partial charge in [-0.3, -0.25) is 0 Å². The predicted octanol–water partition coefficient (Wildman–Crippen LogP) is 2.86. The minimum Gasteiger partial charge on any atom is -0.207 e. The van der Waals surface area contributed by atoms with Gasteiger partial charge in [-0.15, -0.1) is 0 Å². The summed E-state index contributed by atoms with van der Waals surface area (Å²) in [6, 6.07) is 4.28. The molecule has 0 aliphatic heterocycles. The van der Waals surface area contributed by atoms with Gasteiger partial charge in [0.2, 0.25) is 0 Å². The molecule has 0 atom stereocenters.